The van der Waals surface area contributed by atoms with Crippen LogP contribution >= 0.6 is 27.3 Å². The Hall–Kier alpha value is -0.930. The highest BCUT2D eigenvalue weighted by atomic mass is 79.9. The minimum absolute atomic E-state index is 0.636. The lowest BCUT2D eigenvalue weighted by Crippen LogP contribution is -2.21. The highest BCUT2D eigenvalue weighted by Crippen LogP contribution is 2.31. The van der Waals surface area contributed by atoms with E-state index in [-0.39, 0.29) is 0 Å². The van der Waals surface area contributed by atoms with Crippen LogP contribution in [0.3, 0.4) is 0 Å². The van der Waals surface area contributed by atoms with Crippen LogP contribution in [0.5, 0.6) is 0 Å². The molecule has 3 heteroatoms. The zero-order valence-electron chi connectivity index (χ0n) is 12.1. The van der Waals surface area contributed by atoms with Crippen molar-refractivity contribution < 1.29 is 0 Å². The van der Waals surface area contributed by atoms with Gasteiger partial charge in [-0.2, -0.15) is 0 Å². The molecule has 0 N–H and O–H groups in total. The van der Waals surface area contributed by atoms with Gasteiger partial charge in [0.25, 0.3) is 0 Å². The molecule has 1 saturated carbocycles. The van der Waals surface area contributed by atoms with Crippen molar-refractivity contribution in [2.75, 3.05) is 0 Å². The lowest BCUT2D eigenvalue weighted by Gasteiger charge is -2.24. The summed E-state index contributed by atoms with van der Waals surface area (Å²) in [4.78, 5) is 6.42. The maximum absolute atomic E-state index is 4.95. The van der Waals surface area contributed by atoms with Gasteiger partial charge < -0.3 is 0 Å². The van der Waals surface area contributed by atoms with Crippen LogP contribution in [0, 0.1) is 5.92 Å². The number of hydrogen-bond donors (Lipinski definition) is 0. The van der Waals surface area contributed by atoms with Gasteiger partial charge >= 0.3 is 0 Å². The van der Waals surface area contributed by atoms with Crippen molar-refractivity contribution in [1.29, 1.82) is 0 Å². The fourth-order valence-corrected chi connectivity index (χ4v) is 4.56. The van der Waals surface area contributed by atoms with Crippen LogP contribution in [-0.4, -0.2) is 5.71 Å². The predicted octanol–water partition coefficient (Wildman–Crippen LogP) is 5.88. The minimum atomic E-state index is 0.636. The molecule has 0 spiro atoms. The van der Waals surface area contributed by atoms with Crippen molar-refractivity contribution in [2.24, 2.45) is 10.9 Å². The molecule has 1 aromatic carbocycles. The average molecular weight is 362 g/mol. The van der Waals surface area contributed by atoms with E-state index in [4.69, 9.17) is 4.99 Å². The standard InChI is InChI=1S/C18H20BrNS/c19-16-10-11-21-18(16)12-15-8-4-5-9-17(15)20-13-14-6-2-1-3-7-14/h1-3,6-7,10-11,15H,4-5,8-9,12-13H2. The van der Waals surface area contributed by atoms with Crippen molar-refractivity contribution in [2.45, 2.75) is 38.6 Å². The summed E-state index contributed by atoms with van der Waals surface area (Å²) in [6.45, 7) is 0.832. The topological polar surface area (TPSA) is 12.4 Å². The van der Waals surface area contributed by atoms with Crippen LogP contribution < -0.4 is 0 Å². The predicted molar refractivity (Wildman–Crippen MR) is 95.3 cm³/mol. The van der Waals surface area contributed by atoms with Crippen LogP contribution in [0.1, 0.15) is 36.1 Å². The van der Waals surface area contributed by atoms with E-state index in [1.165, 1.54) is 46.3 Å². The van der Waals surface area contributed by atoms with Crippen molar-refractivity contribution in [3.8, 4) is 0 Å². The number of rotatable bonds is 4. The van der Waals surface area contributed by atoms with Crippen LogP contribution in [0.2, 0.25) is 0 Å². The molecule has 0 radical (unpaired) electrons. The van der Waals surface area contributed by atoms with Gasteiger partial charge in [0.05, 0.1) is 6.54 Å². The molecule has 110 valence electrons. The Labute approximate surface area is 139 Å². The van der Waals surface area contributed by atoms with Crippen molar-refractivity contribution in [1.82, 2.24) is 0 Å². The van der Waals surface area contributed by atoms with Crippen LogP contribution in [0.15, 0.2) is 51.2 Å². The molecule has 1 aliphatic carbocycles. The Morgan fingerprint density at radius 3 is 2.76 bits per heavy atom. The molecule has 0 aliphatic heterocycles. The first kappa shape index (κ1) is 15.0. The Bertz CT molecular complexity index is 603. The Kier molecular flexibility index (Phi) is 5.26. The fourth-order valence-electron chi connectivity index (χ4n) is 2.97. The number of hydrogen-bond acceptors (Lipinski definition) is 2. The van der Waals surface area contributed by atoms with Crippen LogP contribution in [0.4, 0.5) is 0 Å². The molecular formula is C18H20BrNS. The highest BCUT2D eigenvalue weighted by molar-refractivity contribution is 9.10. The smallest absolute Gasteiger partial charge is 0.0639 e. The van der Waals surface area contributed by atoms with E-state index in [1.54, 1.807) is 0 Å². The molecule has 2 aromatic rings. The molecule has 0 amide bonds. The van der Waals surface area contributed by atoms with Crippen LogP contribution in [-0.2, 0) is 13.0 Å². The fraction of sp³-hybridized carbons (Fsp3) is 0.389. The molecule has 1 nitrogen and oxygen atoms in total. The van der Waals surface area contributed by atoms with Gasteiger partial charge in [0.15, 0.2) is 0 Å². The average Bonchev–Trinajstić information content (AvgIpc) is 2.93. The first-order valence-corrected chi connectivity index (χ1v) is 9.29. The van der Waals surface area contributed by atoms with Crippen molar-refractivity contribution >= 4 is 33.0 Å². The first-order valence-electron chi connectivity index (χ1n) is 7.62. The van der Waals surface area contributed by atoms with Gasteiger partial charge in [0.1, 0.15) is 0 Å². The summed E-state index contributed by atoms with van der Waals surface area (Å²) in [5.74, 6) is 0.636. The lowest BCUT2D eigenvalue weighted by atomic mass is 9.84. The summed E-state index contributed by atoms with van der Waals surface area (Å²) in [7, 11) is 0. The van der Waals surface area contributed by atoms with Crippen LogP contribution in [0.25, 0.3) is 0 Å². The molecule has 1 atom stereocenters. The molecule has 0 bridgehead atoms. The second kappa shape index (κ2) is 7.37. The second-order valence-corrected chi connectivity index (χ2v) is 7.49. The second-order valence-electron chi connectivity index (χ2n) is 5.63. The third-order valence-electron chi connectivity index (χ3n) is 4.14. The quantitative estimate of drug-likeness (QED) is 0.644. The van der Waals surface area contributed by atoms with E-state index in [9.17, 15) is 0 Å². The molecule has 3 rings (SSSR count). The molecule has 1 aliphatic rings. The Balaban J connectivity index is 1.70. The number of thiophene rings is 1. The highest BCUT2D eigenvalue weighted by Gasteiger charge is 2.21. The molecule has 1 fully saturated rings. The summed E-state index contributed by atoms with van der Waals surface area (Å²) in [6.07, 6.45) is 6.26. The third-order valence-corrected chi connectivity index (χ3v) is 6.09. The maximum Gasteiger partial charge on any atom is 0.0639 e. The third kappa shape index (κ3) is 4.04. The van der Waals surface area contributed by atoms with Crippen molar-refractivity contribution in [3.05, 3.63) is 56.7 Å². The van der Waals surface area contributed by atoms with Crippen molar-refractivity contribution in [3.63, 3.8) is 0 Å². The summed E-state index contributed by atoms with van der Waals surface area (Å²) < 4.78 is 1.26. The number of benzene rings is 1. The van der Waals surface area contributed by atoms with E-state index in [1.807, 2.05) is 11.3 Å². The normalized spacial score (nSPS) is 20.8. The number of halogens is 1. The molecule has 0 saturated heterocycles. The van der Waals surface area contributed by atoms with Gasteiger partial charge in [0, 0.05) is 21.0 Å². The molecule has 1 heterocycles. The monoisotopic (exact) mass is 361 g/mol. The van der Waals surface area contributed by atoms with E-state index in [0.717, 1.165) is 13.0 Å². The van der Waals surface area contributed by atoms with E-state index in [2.05, 4.69) is 57.7 Å². The lowest BCUT2D eigenvalue weighted by molar-refractivity contribution is 0.523. The zero-order valence-corrected chi connectivity index (χ0v) is 14.5. The maximum atomic E-state index is 4.95. The Morgan fingerprint density at radius 1 is 1.14 bits per heavy atom. The zero-order chi connectivity index (χ0) is 14.5. The largest absolute Gasteiger partial charge is 0.289 e. The van der Waals surface area contributed by atoms with E-state index >= 15 is 0 Å². The van der Waals surface area contributed by atoms with Gasteiger partial charge in [-0.25, -0.2) is 0 Å². The SMILES string of the molecule is Brc1ccsc1CC1CCCCC1=NCc1ccccc1. The number of nitrogens with zero attached hydrogens (tertiary/aromatic N) is 1. The summed E-state index contributed by atoms with van der Waals surface area (Å²) >= 11 is 5.52. The number of aliphatic imine (C=N–C) groups is 1. The van der Waals surface area contributed by atoms with Gasteiger partial charge in [-0.3, -0.25) is 4.99 Å². The van der Waals surface area contributed by atoms with Gasteiger partial charge in [-0.1, -0.05) is 36.8 Å². The summed E-state index contributed by atoms with van der Waals surface area (Å²) in [6, 6.07) is 12.7. The molecule has 1 aromatic heterocycles. The summed E-state index contributed by atoms with van der Waals surface area (Å²) in [5.41, 5.74) is 2.75. The first-order chi connectivity index (χ1) is 10.3. The van der Waals surface area contributed by atoms with E-state index < -0.39 is 0 Å². The minimum Gasteiger partial charge on any atom is -0.289 e. The summed E-state index contributed by atoms with van der Waals surface area (Å²) in [5, 5.41) is 2.17. The van der Waals surface area contributed by atoms with Gasteiger partial charge in [0.2, 0.25) is 0 Å². The molecule has 1 unspecified atom stereocenters. The van der Waals surface area contributed by atoms with E-state index in [0.29, 0.717) is 5.92 Å². The molecular weight excluding hydrogens is 342 g/mol. The molecule has 21 heavy (non-hydrogen) atoms. The Morgan fingerprint density at radius 2 is 2.00 bits per heavy atom. The van der Waals surface area contributed by atoms with Gasteiger partial charge in [-0.05, 0) is 58.6 Å². The van der Waals surface area contributed by atoms with Gasteiger partial charge in [-0.15, -0.1) is 11.3 Å².